The van der Waals surface area contributed by atoms with Crippen LogP contribution in [0.1, 0.15) is 64.2 Å². The quantitative estimate of drug-likeness (QED) is 0.308. The molecule has 3 atom stereocenters. The highest BCUT2D eigenvalue weighted by atomic mass is 32.1. The summed E-state index contributed by atoms with van der Waals surface area (Å²) in [6, 6.07) is 7.04. The van der Waals surface area contributed by atoms with E-state index in [1.807, 2.05) is 56.9 Å². The molecule has 3 aliphatic heterocycles. The van der Waals surface area contributed by atoms with Crippen LogP contribution >= 0.6 is 11.3 Å². The molecule has 3 amide bonds. The van der Waals surface area contributed by atoms with Gasteiger partial charge in [0.15, 0.2) is 18.1 Å². The normalized spacial score (nSPS) is 23.1. The maximum atomic E-state index is 14.3. The number of piperidine rings is 1. The highest BCUT2D eigenvalue weighted by molar-refractivity contribution is 7.19. The summed E-state index contributed by atoms with van der Waals surface area (Å²) >= 11 is 1.49. The molecule has 0 aliphatic carbocycles. The first-order valence-corrected chi connectivity index (χ1v) is 17.2. The molecule has 0 bridgehead atoms. The van der Waals surface area contributed by atoms with Gasteiger partial charge in [-0.05, 0) is 55.7 Å². The Balaban J connectivity index is 1.24. The molecule has 0 radical (unpaired) electrons. The van der Waals surface area contributed by atoms with E-state index in [9.17, 15) is 18.8 Å². The molecule has 2 aromatic heterocycles. The topological polar surface area (TPSA) is 112 Å². The lowest BCUT2D eigenvalue weighted by atomic mass is 9.93. The summed E-state index contributed by atoms with van der Waals surface area (Å²) in [7, 11) is 0. The fraction of sp³-hybridized carbons (Fsp3) is 0.529. The summed E-state index contributed by atoms with van der Waals surface area (Å²) in [6.07, 6.45) is 6.19. The predicted molar refractivity (Wildman–Crippen MR) is 176 cm³/mol. The van der Waals surface area contributed by atoms with E-state index in [1.165, 1.54) is 34.9 Å². The van der Waals surface area contributed by atoms with Crippen LogP contribution < -0.4 is 0 Å². The number of hydroxylamine groups is 2. The van der Waals surface area contributed by atoms with Gasteiger partial charge in [0.25, 0.3) is 11.8 Å². The SMILES string of the molecule is CC(C)C[C@H]1ON(C(=O)/C=C/c2nc3ccccc3s2)C2CN(C3CCN(Cc4ncc(F)cn4)CC3)C(=O)[C@H](CC(C)C)N2C1=O. The first kappa shape index (κ1) is 33.1. The first-order chi connectivity index (χ1) is 22.6. The van der Waals surface area contributed by atoms with Crippen molar-refractivity contribution in [3.63, 3.8) is 0 Å². The zero-order valence-electron chi connectivity index (χ0n) is 27.3. The van der Waals surface area contributed by atoms with Crippen LogP contribution in [-0.4, -0.2) is 96.4 Å². The summed E-state index contributed by atoms with van der Waals surface area (Å²) in [5.41, 5.74) is 0.863. The number of carbonyl (C=O) groups is 3. The largest absolute Gasteiger partial charge is 0.334 e. The number of aromatic nitrogens is 3. The molecule has 5 heterocycles. The maximum Gasteiger partial charge on any atom is 0.272 e. The number of fused-ring (bicyclic) bond motifs is 2. The van der Waals surface area contributed by atoms with Crippen molar-refractivity contribution in [3.8, 4) is 0 Å². The zero-order chi connectivity index (χ0) is 33.2. The minimum atomic E-state index is -0.864. The minimum absolute atomic E-state index is 0.0663. The van der Waals surface area contributed by atoms with Crippen LogP contribution in [0.4, 0.5) is 4.39 Å². The van der Waals surface area contributed by atoms with Crippen molar-refractivity contribution in [1.82, 2.24) is 34.7 Å². The van der Waals surface area contributed by atoms with Gasteiger partial charge in [0.2, 0.25) is 5.91 Å². The number of benzene rings is 1. The lowest BCUT2D eigenvalue weighted by Crippen LogP contribution is -2.74. The standard InChI is InChI=1S/C34H42FN7O4S/c1-21(2)15-26-33(44)40(24-11-13-39(14-12-24)19-29-36-17-23(35)18-37-29)20-31-41(26)34(45)27(16-22(3)4)46-42(31)32(43)10-9-30-38-25-7-5-6-8-28(25)47-30/h5-10,17-18,21-22,24,26-27,31H,11-16,19-20H2,1-4H3/b10-9+/t26-,27+,31?/m0/s1. The van der Waals surface area contributed by atoms with E-state index in [1.54, 1.807) is 11.0 Å². The van der Waals surface area contributed by atoms with Crippen LogP contribution in [0, 0.1) is 17.7 Å². The molecule has 6 rings (SSSR count). The third kappa shape index (κ3) is 7.37. The lowest BCUT2D eigenvalue weighted by molar-refractivity contribution is -0.275. The fourth-order valence-corrected chi connectivity index (χ4v) is 7.60. The number of hydrogen-bond donors (Lipinski definition) is 0. The van der Waals surface area contributed by atoms with E-state index in [0.717, 1.165) is 10.2 Å². The lowest BCUT2D eigenvalue weighted by Gasteiger charge is -2.55. The van der Waals surface area contributed by atoms with Gasteiger partial charge in [-0.1, -0.05) is 39.8 Å². The number of hydrogen-bond acceptors (Lipinski definition) is 9. The number of amides is 3. The minimum Gasteiger partial charge on any atom is -0.334 e. The number of carbonyl (C=O) groups excluding carboxylic acids is 3. The van der Waals surface area contributed by atoms with Gasteiger partial charge in [0.05, 0.1) is 35.7 Å². The van der Waals surface area contributed by atoms with Crippen molar-refractivity contribution >= 4 is 45.4 Å². The number of likely N-dealkylation sites (tertiary alicyclic amines) is 1. The molecule has 250 valence electrons. The molecule has 0 saturated carbocycles. The number of halogens is 1. The van der Waals surface area contributed by atoms with Crippen molar-refractivity contribution in [2.45, 2.75) is 84.3 Å². The number of nitrogens with zero attached hydrogens (tertiary/aromatic N) is 7. The fourth-order valence-electron chi connectivity index (χ4n) is 6.73. The van der Waals surface area contributed by atoms with Gasteiger partial charge in [-0.25, -0.2) is 19.3 Å². The van der Waals surface area contributed by atoms with Gasteiger partial charge in [-0.3, -0.25) is 24.1 Å². The maximum absolute atomic E-state index is 14.3. The Bertz CT molecular complexity index is 1590. The summed E-state index contributed by atoms with van der Waals surface area (Å²) in [5, 5.41) is 2.02. The number of rotatable bonds is 9. The Labute approximate surface area is 278 Å². The Morgan fingerprint density at radius 2 is 1.74 bits per heavy atom. The van der Waals surface area contributed by atoms with Gasteiger partial charge in [-0.15, -0.1) is 11.3 Å². The van der Waals surface area contributed by atoms with E-state index in [-0.39, 0.29) is 36.2 Å². The molecule has 3 aliphatic rings. The van der Waals surface area contributed by atoms with Gasteiger partial charge in [0, 0.05) is 25.2 Å². The Morgan fingerprint density at radius 1 is 1.04 bits per heavy atom. The molecule has 47 heavy (non-hydrogen) atoms. The number of thiazole rings is 1. The van der Waals surface area contributed by atoms with E-state index in [2.05, 4.69) is 19.9 Å². The zero-order valence-corrected chi connectivity index (χ0v) is 28.1. The molecule has 1 unspecified atom stereocenters. The van der Waals surface area contributed by atoms with Crippen molar-refractivity contribution < 1.29 is 23.6 Å². The van der Waals surface area contributed by atoms with Crippen LogP contribution in [-0.2, 0) is 25.8 Å². The molecule has 11 nitrogen and oxygen atoms in total. The molecule has 3 fully saturated rings. The molecule has 3 saturated heterocycles. The Morgan fingerprint density at radius 3 is 2.43 bits per heavy atom. The molecular weight excluding hydrogens is 621 g/mol. The van der Waals surface area contributed by atoms with Crippen molar-refractivity contribution in [2.24, 2.45) is 11.8 Å². The van der Waals surface area contributed by atoms with Gasteiger partial charge in [-0.2, -0.15) is 5.06 Å². The predicted octanol–water partition coefficient (Wildman–Crippen LogP) is 4.50. The highest BCUT2D eigenvalue weighted by Crippen LogP contribution is 2.34. The van der Waals surface area contributed by atoms with Gasteiger partial charge < -0.3 is 9.80 Å². The Hall–Kier alpha value is -3.81. The summed E-state index contributed by atoms with van der Waals surface area (Å²) in [5.74, 6) is -0.352. The highest BCUT2D eigenvalue weighted by Gasteiger charge is 2.53. The molecule has 13 heteroatoms. The third-order valence-electron chi connectivity index (χ3n) is 8.94. The molecule has 3 aromatic rings. The Kier molecular flexibility index (Phi) is 9.95. The number of piperazine rings is 1. The van der Waals surface area contributed by atoms with Gasteiger partial charge in [0.1, 0.15) is 16.9 Å². The van der Waals surface area contributed by atoms with E-state index < -0.39 is 30.0 Å². The van der Waals surface area contributed by atoms with Crippen LogP contribution in [0.25, 0.3) is 16.3 Å². The molecule has 1 aromatic carbocycles. The third-order valence-corrected chi connectivity index (χ3v) is 9.94. The second-order valence-corrected chi connectivity index (χ2v) is 14.5. The molecule has 0 spiro atoms. The van der Waals surface area contributed by atoms with Crippen LogP contribution in [0.2, 0.25) is 0 Å². The smallest absolute Gasteiger partial charge is 0.272 e. The van der Waals surface area contributed by atoms with Crippen molar-refractivity contribution in [3.05, 3.63) is 59.4 Å². The average Bonchev–Trinajstić information content (AvgIpc) is 3.46. The summed E-state index contributed by atoms with van der Waals surface area (Å²) in [6.45, 7) is 10.2. The van der Waals surface area contributed by atoms with Crippen molar-refractivity contribution in [1.29, 1.82) is 0 Å². The van der Waals surface area contributed by atoms with E-state index in [0.29, 0.717) is 56.1 Å². The van der Waals surface area contributed by atoms with Crippen LogP contribution in [0.5, 0.6) is 0 Å². The van der Waals surface area contributed by atoms with Crippen LogP contribution in [0.3, 0.4) is 0 Å². The molecule has 0 N–H and O–H groups in total. The van der Waals surface area contributed by atoms with Crippen molar-refractivity contribution in [2.75, 3.05) is 19.6 Å². The first-order valence-electron chi connectivity index (χ1n) is 16.4. The number of para-hydroxylation sites is 1. The summed E-state index contributed by atoms with van der Waals surface area (Å²) in [4.78, 5) is 66.9. The second-order valence-electron chi connectivity index (χ2n) is 13.4. The molecular formula is C34H42FN7O4S. The van der Waals surface area contributed by atoms with E-state index >= 15 is 0 Å². The van der Waals surface area contributed by atoms with Crippen LogP contribution in [0.15, 0.2) is 42.7 Å². The average molecular weight is 664 g/mol. The van der Waals surface area contributed by atoms with Gasteiger partial charge >= 0.3 is 0 Å². The van der Waals surface area contributed by atoms with E-state index in [4.69, 9.17) is 4.84 Å². The monoisotopic (exact) mass is 663 g/mol. The summed E-state index contributed by atoms with van der Waals surface area (Å²) < 4.78 is 14.3. The second kappa shape index (κ2) is 14.1.